The van der Waals surface area contributed by atoms with Crippen LogP contribution in [0.5, 0.6) is 17.2 Å². The quantitative estimate of drug-likeness (QED) is 0.756. The molecule has 0 amide bonds. The molecular weight excluding hydrogens is 244 g/mol. The molecule has 108 valence electrons. The second-order valence-corrected chi connectivity index (χ2v) is 4.47. The van der Waals surface area contributed by atoms with Gasteiger partial charge in [0.15, 0.2) is 11.5 Å². The number of anilines is 1. The van der Waals surface area contributed by atoms with Gasteiger partial charge in [-0.25, -0.2) is 0 Å². The Kier molecular flexibility index (Phi) is 6.29. The molecule has 5 heteroatoms. The molecule has 0 fully saturated rings. The lowest BCUT2D eigenvalue weighted by Crippen LogP contribution is -2.15. The minimum absolute atomic E-state index is 0.503. The minimum Gasteiger partial charge on any atom is -0.494 e. The van der Waals surface area contributed by atoms with Gasteiger partial charge >= 0.3 is 0 Å². The van der Waals surface area contributed by atoms with Gasteiger partial charge in [-0.1, -0.05) is 6.92 Å². The molecule has 0 spiro atoms. The highest BCUT2D eigenvalue weighted by molar-refractivity contribution is 5.64. The van der Waals surface area contributed by atoms with Crippen molar-refractivity contribution in [3.8, 4) is 17.2 Å². The van der Waals surface area contributed by atoms with Crippen LogP contribution in [-0.4, -0.2) is 34.4 Å². The number of hydrogen-bond donors (Lipinski definition) is 2. The first kappa shape index (κ1) is 15.4. The van der Waals surface area contributed by atoms with Gasteiger partial charge in [0.2, 0.25) is 0 Å². The van der Waals surface area contributed by atoms with Crippen LogP contribution in [0.2, 0.25) is 0 Å². The maximum atomic E-state index is 5.55. The molecule has 0 radical (unpaired) electrons. The van der Waals surface area contributed by atoms with Gasteiger partial charge in [0.1, 0.15) is 5.75 Å². The Balaban J connectivity index is 2.86. The van der Waals surface area contributed by atoms with Crippen molar-refractivity contribution in [1.29, 1.82) is 0 Å². The molecule has 1 aromatic carbocycles. The Hall–Kier alpha value is -1.62. The molecule has 0 bridgehead atoms. The molecule has 0 aliphatic carbocycles. The molecule has 0 aliphatic heterocycles. The topological polar surface area (TPSA) is 65.7 Å². The predicted molar refractivity (Wildman–Crippen MR) is 77.4 cm³/mol. The van der Waals surface area contributed by atoms with E-state index >= 15 is 0 Å². The van der Waals surface area contributed by atoms with E-state index in [2.05, 4.69) is 12.2 Å². The molecule has 1 atom stereocenters. The molecule has 1 aromatic rings. The fourth-order valence-electron chi connectivity index (χ4n) is 1.84. The van der Waals surface area contributed by atoms with Gasteiger partial charge in [-0.3, -0.25) is 0 Å². The van der Waals surface area contributed by atoms with Gasteiger partial charge in [-0.15, -0.1) is 0 Å². The largest absolute Gasteiger partial charge is 0.494 e. The van der Waals surface area contributed by atoms with E-state index in [-0.39, 0.29) is 0 Å². The van der Waals surface area contributed by atoms with Crippen molar-refractivity contribution in [2.45, 2.75) is 13.3 Å². The van der Waals surface area contributed by atoms with Gasteiger partial charge in [-0.2, -0.15) is 0 Å². The van der Waals surface area contributed by atoms with Crippen LogP contribution in [0.25, 0.3) is 0 Å². The normalized spacial score (nSPS) is 11.8. The summed E-state index contributed by atoms with van der Waals surface area (Å²) in [5, 5.41) is 3.36. The molecule has 0 saturated heterocycles. The average Bonchev–Trinajstić information content (AvgIpc) is 2.44. The number of nitrogens with two attached hydrogens (primary N) is 1. The molecule has 0 aliphatic rings. The summed E-state index contributed by atoms with van der Waals surface area (Å²) >= 11 is 0. The van der Waals surface area contributed by atoms with Crippen LogP contribution in [0, 0.1) is 5.92 Å². The Bertz CT molecular complexity index is 397. The van der Waals surface area contributed by atoms with Crippen LogP contribution >= 0.6 is 0 Å². The summed E-state index contributed by atoms with van der Waals surface area (Å²) in [6.45, 7) is 3.70. The monoisotopic (exact) mass is 268 g/mol. The van der Waals surface area contributed by atoms with E-state index in [1.54, 1.807) is 21.3 Å². The van der Waals surface area contributed by atoms with Crippen LogP contribution in [0.15, 0.2) is 12.1 Å². The molecule has 1 unspecified atom stereocenters. The van der Waals surface area contributed by atoms with Crippen molar-refractivity contribution >= 4 is 5.69 Å². The summed E-state index contributed by atoms with van der Waals surface area (Å²) in [5.74, 6) is 2.57. The molecule has 0 aromatic heterocycles. The zero-order chi connectivity index (χ0) is 14.3. The van der Waals surface area contributed by atoms with E-state index in [0.717, 1.165) is 24.4 Å². The summed E-state index contributed by atoms with van der Waals surface area (Å²) < 4.78 is 15.9. The Morgan fingerprint density at radius 2 is 1.63 bits per heavy atom. The lowest BCUT2D eigenvalue weighted by molar-refractivity contribution is 0.349. The van der Waals surface area contributed by atoms with Gasteiger partial charge < -0.3 is 25.3 Å². The molecule has 19 heavy (non-hydrogen) atoms. The third-order valence-electron chi connectivity index (χ3n) is 3.01. The highest BCUT2D eigenvalue weighted by Crippen LogP contribution is 2.37. The van der Waals surface area contributed by atoms with E-state index in [1.165, 1.54) is 0 Å². The smallest absolute Gasteiger partial charge is 0.164 e. The number of methoxy groups -OCH3 is 3. The number of benzene rings is 1. The Morgan fingerprint density at radius 1 is 1.05 bits per heavy atom. The molecular formula is C14H24N2O3. The van der Waals surface area contributed by atoms with E-state index in [9.17, 15) is 0 Å². The minimum atomic E-state index is 0.503. The molecule has 5 nitrogen and oxygen atoms in total. The fourth-order valence-corrected chi connectivity index (χ4v) is 1.84. The Morgan fingerprint density at radius 3 is 2.16 bits per heavy atom. The van der Waals surface area contributed by atoms with Crippen LogP contribution < -0.4 is 25.3 Å². The first-order valence-corrected chi connectivity index (χ1v) is 6.40. The number of ether oxygens (including phenoxy) is 3. The van der Waals surface area contributed by atoms with Crippen molar-refractivity contribution in [3.05, 3.63) is 12.1 Å². The predicted octanol–water partition coefficient (Wildman–Crippen LogP) is 2.11. The molecule has 0 saturated carbocycles. The van der Waals surface area contributed by atoms with Crippen LogP contribution in [-0.2, 0) is 0 Å². The fraction of sp³-hybridized carbons (Fsp3) is 0.571. The number of rotatable bonds is 8. The summed E-state index contributed by atoms with van der Waals surface area (Å²) in [5.41, 5.74) is 6.44. The van der Waals surface area contributed by atoms with Gasteiger partial charge in [0, 0.05) is 18.7 Å². The van der Waals surface area contributed by atoms with E-state index in [0.29, 0.717) is 24.0 Å². The SMILES string of the molecule is COc1cc(OC)c(OC)cc1NCC(C)CCN. The Labute approximate surface area is 115 Å². The summed E-state index contributed by atoms with van der Waals surface area (Å²) in [7, 11) is 4.86. The summed E-state index contributed by atoms with van der Waals surface area (Å²) in [6.07, 6.45) is 0.989. The first-order chi connectivity index (χ1) is 9.15. The zero-order valence-electron chi connectivity index (χ0n) is 12.2. The average molecular weight is 268 g/mol. The second-order valence-electron chi connectivity index (χ2n) is 4.47. The van der Waals surface area contributed by atoms with Gasteiger partial charge in [0.05, 0.1) is 27.0 Å². The van der Waals surface area contributed by atoms with E-state index in [4.69, 9.17) is 19.9 Å². The molecule has 3 N–H and O–H groups in total. The third-order valence-corrected chi connectivity index (χ3v) is 3.01. The third kappa shape index (κ3) is 4.21. The van der Waals surface area contributed by atoms with Crippen molar-refractivity contribution in [2.24, 2.45) is 11.7 Å². The molecule has 1 rings (SSSR count). The summed E-state index contributed by atoms with van der Waals surface area (Å²) in [6, 6.07) is 3.70. The van der Waals surface area contributed by atoms with E-state index < -0.39 is 0 Å². The maximum Gasteiger partial charge on any atom is 0.164 e. The lowest BCUT2D eigenvalue weighted by Gasteiger charge is -2.17. The lowest BCUT2D eigenvalue weighted by atomic mass is 10.1. The van der Waals surface area contributed by atoms with Crippen LogP contribution in [0.1, 0.15) is 13.3 Å². The van der Waals surface area contributed by atoms with Crippen molar-refractivity contribution < 1.29 is 14.2 Å². The van der Waals surface area contributed by atoms with Crippen LogP contribution in [0.3, 0.4) is 0 Å². The first-order valence-electron chi connectivity index (χ1n) is 6.40. The highest BCUT2D eigenvalue weighted by atomic mass is 16.5. The second kappa shape index (κ2) is 7.74. The zero-order valence-corrected chi connectivity index (χ0v) is 12.2. The van der Waals surface area contributed by atoms with Crippen LogP contribution in [0.4, 0.5) is 5.69 Å². The van der Waals surface area contributed by atoms with Crippen molar-refractivity contribution in [1.82, 2.24) is 0 Å². The van der Waals surface area contributed by atoms with Gasteiger partial charge in [0.25, 0.3) is 0 Å². The highest BCUT2D eigenvalue weighted by Gasteiger charge is 2.12. The number of hydrogen-bond acceptors (Lipinski definition) is 5. The van der Waals surface area contributed by atoms with Crippen molar-refractivity contribution in [3.63, 3.8) is 0 Å². The summed E-state index contributed by atoms with van der Waals surface area (Å²) in [4.78, 5) is 0. The van der Waals surface area contributed by atoms with E-state index in [1.807, 2.05) is 12.1 Å². The number of nitrogens with one attached hydrogen (secondary N) is 1. The van der Waals surface area contributed by atoms with Crippen molar-refractivity contribution in [2.75, 3.05) is 39.7 Å². The van der Waals surface area contributed by atoms with Gasteiger partial charge in [-0.05, 0) is 18.9 Å². The maximum absolute atomic E-state index is 5.55. The standard InChI is InChI=1S/C14H24N2O3/c1-10(5-6-15)9-16-11-7-13(18-3)14(19-4)8-12(11)17-2/h7-8,10,16H,5-6,9,15H2,1-4H3. The molecule has 0 heterocycles.